The molecular formula is C54H40N2Si. The van der Waals surface area contributed by atoms with Crippen molar-refractivity contribution in [3.63, 3.8) is 0 Å². The Kier molecular flexibility index (Phi) is 8.90. The van der Waals surface area contributed by atoms with Gasteiger partial charge in [0.2, 0.25) is 0 Å². The highest BCUT2D eigenvalue weighted by Crippen LogP contribution is 2.42. The summed E-state index contributed by atoms with van der Waals surface area (Å²) in [6.45, 7) is 0. The lowest BCUT2D eigenvalue weighted by Crippen LogP contribution is -2.77. The second-order valence-electron chi connectivity index (χ2n) is 14.5. The van der Waals surface area contributed by atoms with Gasteiger partial charge in [-0.05, 0) is 92.0 Å². The minimum atomic E-state index is -2.82. The molecule has 9 aromatic rings. The van der Waals surface area contributed by atoms with Crippen LogP contribution in [0.25, 0.3) is 22.3 Å². The van der Waals surface area contributed by atoms with Gasteiger partial charge in [0.1, 0.15) is 0 Å². The van der Waals surface area contributed by atoms with Crippen LogP contribution < -0.4 is 30.5 Å². The lowest BCUT2D eigenvalue weighted by Gasteiger charge is -2.45. The van der Waals surface area contributed by atoms with Gasteiger partial charge in [0.15, 0.2) is 8.07 Å². The van der Waals surface area contributed by atoms with Crippen molar-refractivity contribution in [2.45, 2.75) is 0 Å². The van der Waals surface area contributed by atoms with Gasteiger partial charge >= 0.3 is 0 Å². The highest BCUT2D eigenvalue weighted by Gasteiger charge is 2.48. The average molecular weight is 745 g/mol. The molecule has 0 saturated carbocycles. The van der Waals surface area contributed by atoms with Crippen LogP contribution in [0.5, 0.6) is 0 Å². The minimum absolute atomic E-state index is 1.10. The monoisotopic (exact) mass is 744 g/mol. The van der Waals surface area contributed by atoms with E-state index >= 15 is 0 Å². The van der Waals surface area contributed by atoms with Crippen molar-refractivity contribution in [3.8, 4) is 22.3 Å². The van der Waals surface area contributed by atoms with E-state index in [9.17, 15) is 0 Å². The van der Waals surface area contributed by atoms with Gasteiger partial charge in [-0.2, -0.15) is 0 Å². The summed E-state index contributed by atoms with van der Waals surface area (Å²) in [5.41, 5.74) is 11.7. The Balaban J connectivity index is 1.16. The Hall–Kier alpha value is -7.20. The molecule has 0 unspecified atom stereocenters. The SMILES string of the molecule is c1ccc(-c2ccccc2N(c2ccccc2)c2ccc(-c3ccc4c(c3)[Si](c3ccccc3)(c3ccccc3)c3ccccc3N4c3ccccc3)cc2)cc1. The van der Waals surface area contributed by atoms with E-state index in [1.165, 1.54) is 54.4 Å². The molecule has 0 amide bonds. The third kappa shape index (κ3) is 5.97. The van der Waals surface area contributed by atoms with Gasteiger partial charge in [-0.1, -0.05) is 188 Å². The molecule has 0 radical (unpaired) electrons. The van der Waals surface area contributed by atoms with E-state index in [1.54, 1.807) is 0 Å². The largest absolute Gasteiger partial charge is 0.311 e. The molecule has 3 heteroatoms. The van der Waals surface area contributed by atoms with Gasteiger partial charge in [-0.15, -0.1) is 0 Å². The Labute approximate surface area is 336 Å². The van der Waals surface area contributed by atoms with Gasteiger partial charge in [-0.25, -0.2) is 0 Å². The molecular weight excluding hydrogens is 705 g/mol. The van der Waals surface area contributed by atoms with E-state index in [0.717, 1.165) is 22.7 Å². The molecule has 10 rings (SSSR count). The Morgan fingerprint density at radius 3 is 1.49 bits per heavy atom. The molecule has 1 heterocycles. The summed E-state index contributed by atoms with van der Waals surface area (Å²) in [5.74, 6) is 0. The van der Waals surface area contributed by atoms with Crippen LogP contribution in [0, 0.1) is 0 Å². The molecule has 0 saturated heterocycles. The number of para-hydroxylation sites is 4. The van der Waals surface area contributed by atoms with Gasteiger partial charge in [0.05, 0.1) is 5.69 Å². The zero-order valence-corrected chi connectivity index (χ0v) is 32.5. The zero-order valence-electron chi connectivity index (χ0n) is 31.5. The number of hydrogen-bond donors (Lipinski definition) is 0. The van der Waals surface area contributed by atoms with Crippen molar-refractivity contribution < 1.29 is 0 Å². The predicted octanol–water partition coefficient (Wildman–Crippen LogP) is 11.7. The smallest absolute Gasteiger partial charge is 0.184 e. The maximum Gasteiger partial charge on any atom is 0.184 e. The van der Waals surface area contributed by atoms with E-state index < -0.39 is 8.07 Å². The first-order valence-corrected chi connectivity index (χ1v) is 21.6. The van der Waals surface area contributed by atoms with Crippen molar-refractivity contribution in [2.75, 3.05) is 9.80 Å². The quantitative estimate of drug-likeness (QED) is 0.143. The van der Waals surface area contributed by atoms with Gasteiger partial charge in [0.25, 0.3) is 0 Å². The topological polar surface area (TPSA) is 6.48 Å². The Bertz CT molecular complexity index is 2730. The molecule has 0 aromatic heterocycles. The van der Waals surface area contributed by atoms with Gasteiger partial charge < -0.3 is 9.80 Å². The van der Waals surface area contributed by atoms with Crippen molar-refractivity contribution in [1.29, 1.82) is 0 Å². The van der Waals surface area contributed by atoms with Crippen LogP contribution in [0.3, 0.4) is 0 Å². The van der Waals surface area contributed by atoms with Gasteiger partial charge in [0, 0.05) is 34.0 Å². The predicted molar refractivity (Wildman–Crippen MR) is 244 cm³/mol. The van der Waals surface area contributed by atoms with E-state index in [2.05, 4.69) is 252 Å². The summed E-state index contributed by atoms with van der Waals surface area (Å²) in [7, 11) is -2.82. The summed E-state index contributed by atoms with van der Waals surface area (Å²) in [6.07, 6.45) is 0. The van der Waals surface area contributed by atoms with Crippen LogP contribution in [0.4, 0.5) is 34.1 Å². The molecule has 9 aromatic carbocycles. The summed E-state index contributed by atoms with van der Waals surface area (Å²) in [5, 5.41) is 5.52. The Morgan fingerprint density at radius 1 is 0.333 bits per heavy atom. The van der Waals surface area contributed by atoms with Crippen LogP contribution in [0.15, 0.2) is 243 Å². The fraction of sp³-hybridized carbons (Fsp3) is 0. The first-order valence-electron chi connectivity index (χ1n) is 19.6. The van der Waals surface area contributed by atoms with Crippen LogP contribution in [-0.4, -0.2) is 8.07 Å². The zero-order chi connectivity index (χ0) is 38.0. The number of fused-ring (bicyclic) bond motifs is 2. The van der Waals surface area contributed by atoms with E-state index in [-0.39, 0.29) is 0 Å². The maximum absolute atomic E-state index is 2.82. The molecule has 0 N–H and O–H groups in total. The van der Waals surface area contributed by atoms with Crippen molar-refractivity contribution in [1.82, 2.24) is 0 Å². The molecule has 0 bridgehead atoms. The molecule has 1 aliphatic rings. The van der Waals surface area contributed by atoms with Gasteiger partial charge in [-0.3, -0.25) is 0 Å². The third-order valence-corrected chi connectivity index (χ3v) is 16.2. The maximum atomic E-state index is 2.50. The number of benzene rings is 9. The first-order chi connectivity index (χ1) is 28.3. The standard InChI is InChI=1S/C54H40N2Si/c1-6-20-42(21-7-1)49-30-16-17-31-50(49)55(44-22-8-2-9-23-44)46-37-34-41(35-38-46)43-36-39-52-54(40-43)57(47-26-12-4-13-27-47,48-28-14-5-15-29-48)53-33-19-18-32-51(53)56(52)45-24-10-3-11-25-45/h1-40H. The van der Waals surface area contributed by atoms with Crippen LogP contribution in [-0.2, 0) is 0 Å². The number of rotatable bonds is 8. The van der Waals surface area contributed by atoms with Crippen LogP contribution in [0.2, 0.25) is 0 Å². The highest BCUT2D eigenvalue weighted by molar-refractivity contribution is 7.21. The van der Waals surface area contributed by atoms with E-state index in [1.807, 2.05) is 0 Å². The summed E-state index contributed by atoms with van der Waals surface area (Å²) < 4.78 is 0. The van der Waals surface area contributed by atoms with Crippen molar-refractivity contribution in [3.05, 3.63) is 243 Å². The molecule has 270 valence electrons. The molecule has 0 fully saturated rings. The number of nitrogens with zero attached hydrogens (tertiary/aromatic N) is 2. The number of anilines is 6. The summed E-state index contributed by atoms with van der Waals surface area (Å²) in [6, 6.07) is 88.7. The number of hydrogen-bond acceptors (Lipinski definition) is 2. The third-order valence-electron chi connectivity index (χ3n) is 11.3. The second kappa shape index (κ2) is 14.8. The normalized spacial score (nSPS) is 12.7. The second-order valence-corrected chi connectivity index (χ2v) is 18.2. The fourth-order valence-electron chi connectivity index (χ4n) is 8.83. The van der Waals surface area contributed by atoms with Crippen molar-refractivity contribution >= 4 is 62.9 Å². The van der Waals surface area contributed by atoms with Crippen LogP contribution in [0.1, 0.15) is 0 Å². The Morgan fingerprint density at radius 2 is 0.825 bits per heavy atom. The summed E-state index contributed by atoms with van der Waals surface area (Å²) >= 11 is 0. The molecule has 0 aliphatic carbocycles. The molecule has 57 heavy (non-hydrogen) atoms. The minimum Gasteiger partial charge on any atom is -0.311 e. The fourth-order valence-corrected chi connectivity index (χ4v) is 14.0. The van der Waals surface area contributed by atoms with Crippen molar-refractivity contribution in [2.24, 2.45) is 0 Å². The van der Waals surface area contributed by atoms with E-state index in [0.29, 0.717) is 0 Å². The molecule has 0 spiro atoms. The highest BCUT2D eigenvalue weighted by atomic mass is 28.3. The van der Waals surface area contributed by atoms with E-state index in [4.69, 9.17) is 0 Å². The lowest BCUT2D eigenvalue weighted by molar-refractivity contribution is 1.28. The average Bonchev–Trinajstić information content (AvgIpc) is 3.30. The molecule has 0 atom stereocenters. The first kappa shape index (κ1) is 34.3. The lowest BCUT2D eigenvalue weighted by atomic mass is 10.0. The molecule has 1 aliphatic heterocycles. The molecule has 2 nitrogen and oxygen atoms in total. The summed E-state index contributed by atoms with van der Waals surface area (Å²) in [4.78, 5) is 4.84. The van der Waals surface area contributed by atoms with Crippen LogP contribution >= 0.6 is 0 Å².